The summed E-state index contributed by atoms with van der Waals surface area (Å²) in [6.07, 6.45) is 3.42. The second kappa shape index (κ2) is 11.2. The molecule has 2 aromatic carbocycles. The van der Waals surface area contributed by atoms with Gasteiger partial charge >= 0.3 is 0 Å². The molecule has 8 heteroatoms. The normalized spacial score (nSPS) is 20.6. The SMILES string of the molecule is CCc1cccc(C(=O)NC(C(=O)N2CCC3(CC2)C(=O)N(C)CN3c2ccccc2)C2CCOCC2)c1. The van der Waals surface area contributed by atoms with E-state index in [0.717, 1.165) is 30.5 Å². The standard InChI is InChI=1S/C30H38N4O4/c1-3-22-8-7-9-24(20-22)27(35)31-26(23-12-18-38-19-13-23)28(36)33-16-14-30(15-17-33)29(37)32(2)21-34(30)25-10-5-4-6-11-25/h4-11,20,23,26H,3,12-19,21H2,1-2H3,(H,31,35). The molecule has 0 aromatic heterocycles. The fourth-order valence-corrected chi connectivity index (χ4v) is 6.18. The summed E-state index contributed by atoms with van der Waals surface area (Å²) in [6, 6.07) is 17.0. The number of amides is 3. The van der Waals surface area contributed by atoms with Gasteiger partial charge in [-0.1, -0.05) is 37.3 Å². The molecular formula is C30H38N4O4. The monoisotopic (exact) mass is 518 g/mol. The van der Waals surface area contributed by atoms with Gasteiger partial charge in [0.05, 0.1) is 6.67 Å². The molecule has 2 aromatic rings. The van der Waals surface area contributed by atoms with Gasteiger partial charge in [-0.15, -0.1) is 0 Å². The number of anilines is 1. The second-order valence-electron chi connectivity index (χ2n) is 10.7. The summed E-state index contributed by atoms with van der Waals surface area (Å²) in [5.74, 6) is -0.151. The van der Waals surface area contributed by atoms with Gasteiger partial charge in [0.1, 0.15) is 11.6 Å². The molecule has 8 nitrogen and oxygen atoms in total. The number of nitrogens with zero attached hydrogens (tertiary/aromatic N) is 3. The lowest BCUT2D eigenvalue weighted by molar-refractivity contribution is -0.140. The van der Waals surface area contributed by atoms with Gasteiger partial charge in [-0.25, -0.2) is 0 Å². The predicted molar refractivity (Wildman–Crippen MR) is 146 cm³/mol. The lowest BCUT2D eigenvalue weighted by Crippen LogP contribution is -2.60. The fraction of sp³-hybridized carbons (Fsp3) is 0.500. The average Bonchev–Trinajstić information content (AvgIpc) is 3.21. The van der Waals surface area contributed by atoms with Crippen molar-refractivity contribution in [2.75, 3.05) is 44.9 Å². The largest absolute Gasteiger partial charge is 0.381 e. The van der Waals surface area contributed by atoms with Crippen LogP contribution in [0.2, 0.25) is 0 Å². The number of piperidine rings is 1. The van der Waals surface area contributed by atoms with Crippen LogP contribution in [0.5, 0.6) is 0 Å². The third-order valence-electron chi connectivity index (χ3n) is 8.47. The van der Waals surface area contributed by atoms with Crippen LogP contribution in [-0.4, -0.2) is 79.1 Å². The van der Waals surface area contributed by atoms with Crippen molar-refractivity contribution >= 4 is 23.4 Å². The van der Waals surface area contributed by atoms with Crippen LogP contribution in [0.3, 0.4) is 0 Å². The number of nitrogens with one attached hydrogen (secondary N) is 1. The molecular weight excluding hydrogens is 480 g/mol. The van der Waals surface area contributed by atoms with Gasteiger partial charge in [-0.05, 0) is 67.9 Å². The third kappa shape index (κ3) is 5.01. The first-order valence-corrected chi connectivity index (χ1v) is 13.8. The van der Waals surface area contributed by atoms with E-state index in [2.05, 4.69) is 17.1 Å². The number of ether oxygens (including phenoxy) is 1. The number of aryl methyl sites for hydroxylation is 1. The Bertz CT molecular complexity index is 1160. The van der Waals surface area contributed by atoms with Crippen molar-refractivity contribution in [3.05, 3.63) is 65.7 Å². The molecule has 3 aliphatic heterocycles. The zero-order valence-electron chi connectivity index (χ0n) is 22.4. The zero-order valence-corrected chi connectivity index (χ0v) is 22.4. The summed E-state index contributed by atoms with van der Waals surface area (Å²) in [7, 11) is 1.84. The lowest BCUT2D eigenvalue weighted by atomic mass is 9.84. The van der Waals surface area contributed by atoms with Crippen molar-refractivity contribution in [3.63, 3.8) is 0 Å². The number of carbonyl (C=O) groups is 3. The van der Waals surface area contributed by atoms with Gasteiger partial charge in [0, 0.05) is 44.6 Å². The predicted octanol–water partition coefficient (Wildman–Crippen LogP) is 3.07. The highest BCUT2D eigenvalue weighted by atomic mass is 16.5. The maximum Gasteiger partial charge on any atom is 0.251 e. The van der Waals surface area contributed by atoms with Gasteiger partial charge in [0.15, 0.2) is 0 Å². The number of benzene rings is 2. The van der Waals surface area contributed by atoms with Crippen LogP contribution >= 0.6 is 0 Å². The van der Waals surface area contributed by atoms with E-state index in [9.17, 15) is 14.4 Å². The molecule has 3 amide bonds. The molecule has 202 valence electrons. The van der Waals surface area contributed by atoms with E-state index in [1.807, 2.05) is 60.5 Å². The van der Waals surface area contributed by atoms with Crippen LogP contribution in [0.4, 0.5) is 5.69 Å². The molecule has 38 heavy (non-hydrogen) atoms. The van der Waals surface area contributed by atoms with E-state index in [-0.39, 0.29) is 23.6 Å². The van der Waals surface area contributed by atoms with Crippen molar-refractivity contribution in [3.8, 4) is 0 Å². The number of likely N-dealkylation sites (N-methyl/N-ethyl adjacent to an activating group) is 1. The highest BCUT2D eigenvalue weighted by Gasteiger charge is 2.53. The minimum absolute atomic E-state index is 0.0190. The summed E-state index contributed by atoms with van der Waals surface area (Å²) < 4.78 is 5.55. The first kappa shape index (κ1) is 26.2. The van der Waals surface area contributed by atoms with Crippen molar-refractivity contribution in [1.82, 2.24) is 15.1 Å². The van der Waals surface area contributed by atoms with Gasteiger partial charge < -0.3 is 24.8 Å². The molecule has 0 aliphatic carbocycles. The smallest absolute Gasteiger partial charge is 0.251 e. The number of likely N-dealkylation sites (tertiary alicyclic amines) is 1. The fourth-order valence-electron chi connectivity index (χ4n) is 6.18. The molecule has 1 unspecified atom stereocenters. The van der Waals surface area contributed by atoms with E-state index in [0.29, 0.717) is 51.4 Å². The Morgan fingerprint density at radius 1 is 1.05 bits per heavy atom. The van der Waals surface area contributed by atoms with Gasteiger partial charge in [0.2, 0.25) is 11.8 Å². The van der Waals surface area contributed by atoms with Gasteiger partial charge in [-0.2, -0.15) is 0 Å². The Hall–Kier alpha value is -3.39. The maximum absolute atomic E-state index is 13.9. The van der Waals surface area contributed by atoms with Crippen LogP contribution in [0.25, 0.3) is 0 Å². The molecule has 0 radical (unpaired) electrons. The van der Waals surface area contributed by atoms with E-state index in [4.69, 9.17) is 4.74 Å². The molecule has 1 N–H and O–H groups in total. The van der Waals surface area contributed by atoms with Crippen molar-refractivity contribution < 1.29 is 19.1 Å². The highest BCUT2D eigenvalue weighted by Crippen LogP contribution is 2.39. The van der Waals surface area contributed by atoms with Crippen molar-refractivity contribution in [2.24, 2.45) is 5.92 Å². The quantitative estimate of drug-likeness (QED) is 0.636. The molecule has 1 spiro atoms. The zero-order chi connectivity index (χ0) is 26.7. The maximum atomic E-state index is 13.9. The Morgan fingerprint density at radius 3 is 2.45 bits per heavy atom. The summed E-state index contributed by atoms with van der Waals surface area (Å²) in [4.78, 5) is 46.4. The van der Waals surface area contributed by atoms with E-state index < -0.39 is 11.6 Å². The molecule has 3 heterocycles. The van der Waals surface area contributed by atoms with Crippen LogP contribution in [0.15, 0.2) is 54.6 Å². The van der Waals surface area contributed by atoms with Crippen LogP contribution in [0.1, 0.15) is 48.5 Å². The number of para-hydroxylation sites is 1. The summed E-state index contributed by atoms with van der Waals surface area (Å²) in [5.41, 5.74) is 2.03. The van der Waals surface area contributed by atoms with Crippen LogP contribution in [-0.2, 0) is 20.7 Å². The number of hydrogen-bond acceptors (Lipinski definition) is 5. The number of carbonyl (C=O) groups excluding carboxylic acids is 3. The van der Waals surface area contributed by atoms with E-state index in [1.54, 1.807) is 11.0 Å². The molecule has 5 rings (SSSR count). The Morgan fingerprint density at radius 2 is 1.76 bits per heavy atom. The van der Waals surface area contributed by atoms with Crippen molar-refractivity contribution in [1.29, 1.82) is 0 Å². The van der Waals surface area contributed by atoms with Gasteiger partial charge in [0.25, 0.3) is 5.91 Å². The Labute approximate surface area is 224 Å². The summed E-state index contributed by atoms with van der Waals surface area (Å²) in [6.45, 7) is 4.72. The first-order chi connectivity index (χ1) is 18.4. The lowest BCUT2D eigenvalue weighted by Gasteiger charge is -2.44. The molecule has 0 saturated carbocycles. The van der Waals surface area contributed by atoms with Crippen molar-refractivity contribution in [2.45, 2.75) is 50.6 Å². The topological polar surface area (TPSA) is 82.2 Å². The van der Waals surface area contributed by atoms with Crippen LogP contribution < -0.4 is 10.2 Å². The van der Waals surface area contributed by atoms with E-state index in [1.165, 1.54) is 0 Å². The van der Waals surface area contributed by atoms with Crippen LogP contribution in [0, 0.1) is 5.92 Å². The van der Waals surface area contributed by atoms with E-state index >= 15 is 0 Å². The molecule has 3 aliphatic rings. The first-order valence-electron chi connectivity index (χ1n) is 13.8. The highest BCUT2D eigenvalue weighted by molar-refractivity contribution is 5.98. The van der Waals surface area contributed by atoms with Gasteiger partial charge in [-0.3, -0.25) is 14.4 Å². The molecule has 1 atom stereocenters. The molecule has 0 bridgehead atoms. The molecule has 3 saturated heterocycles. The number of rotatable bonds is 6. The average molecular weight is 519 g/mol. The Balaban J connectivity index is 1.33. The minimum Gasteiger partial charge on any atom is -0.381 e. The Kier molecular flexibility index (Phi) is 7.70. The molecule has 3 fully saturated rings. The third-order valence-corrected chi connectivity index (χ3v) is 8.47. The summed E-state index contributed by atoms with van der Waals surface area (Å²) >= 11 is 0. The summed E-state index contributed by atoms with van der Waals surface area (Å²) in [5, 5.41) is 3.09. The second-order valence-corrected chi connectivity index (χ2v) is 10.7. The number of hydrogen-bond donors (Lipinski definition) is 1. The minimum atomic E-state index is -0.648.